The predicted molar refractivity (Wildman–Crippen MR) is 103 cm³/mol. The number of piperidine rings is 1. The number of rotatable bonds is 5. The van der Waals surface area contributed by atoms with E-state index in [-0.39, 0.29) is 0 Å². The van der Waals surface area contributed by atoms with Crippen molar-refractivity contribution in [2.45, 2.75) is 19.9 Å². The molecule has 0 radical (unpaired) electrons. The standard InChI is InChI=1S/C19H23N7O/c1-11(2)26-10-22-15-6-21-18(5-16(15)26)23-17-3-4-20-19(24-17)25-7-12-13(8-25)14(12)9-27/h3-6,10-14,27H,7-9H2,1-2H3,(H,20,21,23,24)/t12-,13+,14?. The lowest BCUT2D eigenvalue weighted by atomic mass is 10.3. The molecule has 3 atom stereocenters. The van der Waals surface area contributed by atoms with Crippen molar-refractivity contribution >= 4 is 28.6 Å². The van der Waals surface area contributed by atoms with Crippen LogP contribution >= 0.6 is 0 Å². The summed E-state index contributed by atoms with van der Waals surface area (Å²) in [4.78, 5) is 20.1. The summed E-state index contributed by atoms with van der Waals surface area (Å²) in [6.07, 6.45) is 5.40. The molecule has 1 unspecified atom stereocenters. The van der Waals surface area contributed by atoms with Crippen LogP contribution in [0.2, 0.25) is 0 Å². The van der Waals surface area contributed by atoms with Gasteiger partial charge >= 0.3 is 0 Å². The maximum Gasteiger partial charge on any atom is 0.227 e. The van der Waals surface area contributed by atoms with Gasteiger partial charge in [-0.2, -0.15) is 4.98 Å². The van der Waals surface area contributed by atoms with Crippen LogP contribution in [0.1, 0.15) is 19.9 Å². The Morgan fingerprint density at radius 3 is 2.74 bits per heavy atom. The molecule has 0 bridgehead atoms. The highest BCUT2D eigenvalue weighted by Gasteiger charge is 2.55. The first-order valence-electron chi connectivity index (χ1n) is 9.42. The second-order valence-corrected chi connectivity index (χ2v) is 7.75. The Labute approximate surface area is 157 Å². The van der Waals surface area contributed by atoms with Crippen LogP contribution < -0.4 is 10.2 Å². The molecule has 1 aliphatic carbocycles. The van der Waals surface area contributed by atoms with Crippen molar-refractivity contribution in [2.24, 2.45) is 17.8 Å². The Hall–Kier alpha value is -2.74. The second-order valence-electron chi connectivity index (χ2n) is 7.75. The van der Waals surface area contributed by atoms with Gasteiger partial charge in [-0.25, -0.2) is 15.0 Å². The number of fused-ring (bicyclic) bond motifs is 2. The summed E-state index contributed by atoms with van der Waals surface area (Å²) >= 11 is 0. The van der Waals surface area contributed by atoms with E-state index in [1.54, 1.807) is 12.4 Å². The minimum atomic E-state index is 0.298. The molecule has 2 fully saturated rings. The zero-order valence-corrected chi connectivity index (χ0v) is 15.4. The molecule has 2 aliphatic rings. The third-order valence-electron chi connectivity index (χ3n) is 5.78. The molecule has 1 aliphatic heterocycles. The Morgan fingerprint density at radius 1 is 1.19 bits per heavy atom. The topological polar surface area (TPSA) is 92.0 Å². The van der Waals surface area contributed by atoms with Gasteiger partial charge in [0.05, 0.1) is 18.0 Å². The average Bonchev–Trinajstić information content (AvgIpc) is 3.00. The number of imidazole rings is 1. The minimum Gasteiger partial charge on any atom is -0.396 e. The number of aromatic nitrogens is 5. The van der Waals surface area contributed by atoms with Crippen molar-refractivity contribution < 1.29 is 5.11 Å². The van der Waals surface area contributed by atoms with Gasteiger partial charge in [-0.15, -0.1) is 0 Å². The van der Waals surface area contributed by atoms with Crippen molar-refractivity contribution in [2.75, 3.05) is 29.9 Å². The molecule has 27 heavy (non-hydrogen) atoms. The molecule has 8 nitrogen and oxygen atoms in total. The second kappa shape index (κ2) is 6.16. The summed E-state index contributed by atoms with van der Waals surface area (Å²) in [6, 6.07) is 4.18. The first kappa shape index (κ1) is 16.4. The van der Waals surface area contributed by atoms with E-state index in [1.807, 2.05) is 18.5 Å². The van der Waals surface area contributed by atoms with Gasteiger partial charge in [-0.05, 0) is 37.7 Å². The molecular formula is C19H23N7O. The summed E-state index contributed by atoms with van der Waals surface area (Å²) in [6.45, 7) is 6.42. The lowest BCUT2D eigenvalue weighted by Gasteiger charge is -2.19. The van der Waals surface area contributed by atoms with Crippen molar-refractivity contribution in [3.63, 3.8) is 0 Å². The number of hydrogen-bond donors (Lipinski definition) is 2. The fraction of sp³-hybridized carbons (Fsp3) is 0.474. The fourth-order valence-electron chi connectivity index (χ4n) is 4.20. The first-order valence-corrected chi connectivity index (χ1v) is 9.42. The van der Waals surface area contributed by atoms with Gasteiger partial charge < -0.3 is 19.9 Å². The third kappa shape index (κ3) is 2.80. The van der Waals surface area contributed by atoms with E-state index >= 15 is 0 Å². The van der Waals surface area contributed by atoms with Gasteiger partial charge in [0.2, 0.25) is 5.95 Å². The number of aliphatic hydroxyl groups is 1. The number of anilines is 3. The van der Waals surface area contributed by atoms with Crippen LogP contribution in [0.4, 0.5) is 17.6 Å². The van der Waals surface area contributed by atoms with E-state index in [4.69, 9.17) is 0 Å². The molecule has 8 heteroatoms. The lowest BCUT2D eigenvalue weighted by molar-refractivity contribution is 0.260. The van der Waals surface area contributed by atoms with Gasteiger partial charge in [0.15, 0.2) is 0 Å². The van der Waals surface area contributed by atoms with Crippen LogP contribution in [0.5, 0.6) is 0 Å². The summed E-state index contributed by atoms with van der Waals surface area (Å²) in [5.74, 6) is 3.86. The maximum absolute atomic E-state index is 9.32. The van der Waals surface area contributed by atoms with Crippen LogP contribution in [0.15, 0.2) is 30.9 Å². The van der Waals surface area contributed by atoms with E-state index in [0.717, 1.165) is 41.7 Å². The van der Waals surface area contributed by atoms with Crippen LogP contribution in [-0.2, 0) is 0 Å². The quantitative estimate of drug-likeness (QED) is 0.716. The molecule has 2 N–H and O–H groups in total. The average molecular weight is 365 g/mol. The number of aliphatic hydroxyl groups excluding tert-OH is 1. The van der Waals surface area contributed by atoms with Crippen molar-refractivity contribution in [1.29, 1.82) is 0 Å². The molecule has 3 aromatic rings. The molecule has 0 spiro atoms. The van der Waals surface area contributed by atoms with Gasteiger partial charge in [-0.3, -0.25) is 0 Å². The molecule has 140 valence electrons. The lowest BCUT2D eigenvalue weighted by Crippen LogP contribution is -2.26. The van der Waals surface area contributed by atoms with Crippen LogP contribution in [0.25, 0.3) is 11.0 Å². The zero-order valence-electron chi connectivity index (χ0n) is 15.4. The van der Waals surface area contributed by atoms with E-state index in [0.29, 0.717) is 30.4 Å². The largest absolute Gasteiger partial charge is 0.396 e. The number of hydrogen-bond acceptors (Lipinski definition) is 7. The van der Waals surface area contributed by atoms with E-state index in [2.05, 4.69) is 48.6 Å². The van der Waals surface area contributed by atoms with Gasteiger partial charge in [0, 0.05) is 38.0 Å². The highest BCUT2D eigenvalue weighted by atomic mass is 16.3. The summed E-state index contributed by atoms with van der Waals surface area (Å²) < 4.78 is 2.13. The Kier molecular flexibility index (Phi) is 3.75. The van der Waals surface area contributed by atoms with E-state index in [1.165, 1.54) is 0 Å². The Balaban J connectivity index is 1.35. The number of nitrogens with zero attached hydrogens (tertiary/aromatic N) is 6. The van der Waals surface area contributed by atoms with Gasteiger partial charge in [0.1, 0.15) is 17.2 Å². The van der Waals surface area contributed by atoms with Gasteiger partial charge in [-0.1, -0.05) is 0 Å². The molecule has 0 aromatic carbocycles. The summed E-state index contributed by atoms with van der Waals surface area (Å²) in [5, 5.41) is 12.6. The molecular weight excluding hydrogens is 342 g/mol. The van der Waals surface area contributed by atoms with Crippen molar-refractivity contribution in [1.82, 2.24) is 24.5 Å². The van der Waals surface area contributed by atoms with Crippen LogP contribution in [0, 0.1) is 17.8 Å². The molecule has 0 amide bonds. The Morgan fingerprint density at radius 2 is 2.00 bits per heavy atom. The first-order chi connectivity index (χ1) is 13.1. The smallest absolute Gasteiger partial charge is 0.227 e. The highest BCUT2D eigenvalue weighted by Crippen LogP contribution is 2.51. The number of nitrogens with one attached hydrogen (secondary N) is 1. The summed E-state index contributed by atoms with van der Waals surface area (Å²) in [5.41, 5.74) is 1.93. The number of pyridine rings is 1. The van der Waals surface area contributed by atoms with Crippen molar-refractivity contribution in [3.05, 3.63) is 30.9 Å². The van der Waals surface area contributed by atoms with Crippen LogP contribution in [-0.4, -0.2) is 49.3 Å². The van der Waals surface area contributed by atoms with Crippen molar-refractivity contribution in [3.8, 4) is 0 Å². The fourth-order valence-corrected chi connectivity index (χ4v) is 4.20. The molecule has 4 heterocycles. The third-order valence-corrected chi connectivity index (χ3v) is 5.78. The Bertz CT molecular complexity index is 973. The molecule has 5 rings (SSSR count). The maximum atomic E-state index is 9.32. The zero-order chi connectivity index (χ0) is 18.5. The molecule has 3 aromatic heterocycles. The predicted octanol–water partition coefficient (Wildman–Crippen LogP) is 2.22. The van der Waals surface area contributed by atoms with E-state index in [9.17, 15) is 5.11 Å². The monoisotopic (exact) mass is 365 g/mol. The van der Waals surface area contributed by atoms with Gasteiger partial charge in [0.25, 0.3) is 0 Å². The summed E-state index contributed by atoms with van der Waals surface area (Å²) in [7, 11) is 0. The minimum absolute atomic E-state index is 0.298. The van der Waals surface area contributed by atoms with E-state index < -0.39 is 0 Å². The molecule has 1 saturated carbocycles. The SMILES string of the molecule is CC(C)n1cnc2cnc(Nc3ccnc(N4C[C@@H]5C(CO)[C@@H]5C4)n3)cc21. The normalized spacial score (nSPS) is 23.9. The highest BCUT2D eigenvalue weighted by molar-refractivity contribution is 5.78. The molecule has 1 saturated heterocycles. The van der Waals surface area contributed by atoms with Crippen LogP contribution in [0.3, 0.4) is 0 Å².